The van der Waals surface area contributed by atoms with Gasteiger partial charge in [0.2, 0.25) is 5.91 Å². The molecule has 120 valence electrons. The fourth-order valence-electron chi connectivity index (χ4n) is 3.31. The lowest BCUT2D eigenvalue weighted by molar-refractivity contribution is -0.128. The first-order chi connectivity index (χ1) is 9.90. The Morgan fingerprint density at radius 3 is 2.67 bits per heavy atom. The summed E-state index contributed by atoms with van der Waals surface area (Å²) in [6.45, 7) is 4.95. The number of fused-ring (bicyclic) bond motifs is 1. The summed E-state index contributed by atoms with van der Waals surface area (Å²) in [7, 11) is -3.26. The molecule has 6 nitrogen and oxygen atoms in total. The Bertz CT molecular complexity index is 503. The Kier molecular flexibility index (Phi) is 4.25. The molecule has 0 N–H and O–H groups in total. The summed E-state index contributed by atoms with van der Waals surface area (Å²) in [5.41, 5.74) is 0. The lowest BCUT2D eigenvalue weighted by atomic mass is 10.1. The monoisotopic (exact) mass is 316 g/mol. The molecule has 0 spiro atoms. The molecule has 1 aliphatic carbocycles. The number of sulfone groups is 1. The highest BCUT2D eigenvalue weighted by Gasteiger charge is 2.39. The molecule has 0 aromatic rings. The minimum absolute atomic E-state index is 0.0673. The first-order valence-electron chi connectivity index (χ1n) is 7.70. The number of carbonyl (C=O) groups excluding carboxylic acids is 1. The highest BCUT2D eigenvalue weighted by Crippen LogP contribution is 2.31. The topological polar surface area (TPSA) is 66.9 Å². The van der Waals surface area contributed by atoms with E-state index in [1.54, 1.807) is 4.90 Å². The van der Waals surface area contributed by atoms with Crippen LogP contribution in [0.15, 0.2) is 0 Å². The zero-order chi connectivity index (χ0) is 15.0. The van der Waals surface area contributed by atoms with Gasteiger partial charge >= 0.3 is 0 Å². The van der Waals surface area contributed by atoms with E-state index in [2.05, 4.69) is 4.90 Å². The van der Waals surface area contributed by atoms with Crippen LogP contribution in [-0.4, -0.2) is 81.6 Å². The number of carbonyl (C=O) groups is 1. The van der Waals surface area contributed by atoms with Gasteiger partial charge in [-0.1, -0.05) is 0 Å². The maximum atomic E-state index is 12.0. The second-order valence-electron chi connectivity index (χ2n) is 6.74. The summed E-state index contributed by atoms with van der Waals surface area (Å²) < 4.78 is 28.4. The van der Waals surface area contributed by atoms with Crippen molar-refractivity contribution in [2.75, 3.05) is 51.3 Å². The largest absolute Gasteiger partial charge is 0.375 e. The lowest BCUT2D eigenvalue weighted by Crippen LogP contribution is -2.36. The van der Waals surface area contributed by atoms with Crippen molar-refractivity contribution in [1.82, 2.24) is 9.80 Å². The molecule has 7 heteroatoms. The average molecular weight is 316 g/mol. The second-order valence-corrected chi connectivity index (χ2v) is 8.88. The molecule has 0 unspecified atom stereocenters. The normalized spacial score (nSPS) is 31.0. The van der Waals surface area contributed by atoms with Crippen molar-refractivity contribution >= 4 is 15.7 Å². The van der Waals surface area contributed by atoms with Crippen LogP contribution in [0.2, 0.25) is 0 Å². The molecule has 2 heterocycles. The smallest absolute Gasteiger partial charge is 0.237 e. The molecule has 0 radical (unpaired) electrons. The van der Waals surface area contributed by atoms with Gasteiger partial charge in [0.1, 0.15) is 5.75 Å². The Hall–Kier alpha value is -0.660. The fraction of sp³-hybridized carbons (Fsp3) is 0.929. The van der Waals surface area contributed by atoms with Crippen LogP contribution >= 0.6 is 0 Å². The molecule has 2 atom stereocenters. The van der Waals surface area contributed by atoms with E-state index in [9.17, 15) is 13.2 Å². The fourth-order valence-corrected chi connectivity index (χ4v) is 3.94. The van der Waals surface area contributed by atoms with E-state index in [0.717, 1.165) is 31.8 Å². The molecule has 0 aromatic carbocycles. The zero-order valence-electron chi connectivity index (χ0n) is 12.5. The van der Waals surface area contributed by atoms with Crippen LogP contribution in [0.1, 0.15) is 12.8 Å². The molecule has 0 aromatic heterocycles. The summed E-state index contributed by atoms with van der Waals surface area (Å²) in [6, 6.07) is 0. The van der Waals surface area contributed by atoms with Crippen molar-refractivity contribution in [3.63, 3.8) is 0 Å². The molecule has 1 saturated carbocycles. The Morgan fingerprint density at radius 2 is 2.00 bits per heavy atom. The van der Waals surface area contributed by atoms with Crippen molar-refractivity contribution < 1.29 is 17.9 Å². The average Bonchev–Trinajstić information content (AvgIpc) is 3.12. The molecule has 3 fully saturated rings. The molecule has 0 bridgehead atoms. The number of ether oxygens (including phenoxy) is 1. The van der Waals surface area contributed by atoms with E-state index in [-0.39, 0.29) is 12.0 Å². The first-order valence-corrected chi connectivity index (χ1v) is 9.76. The number of hydrogen-bond donors (Lipinski definition) is 0. The summed E-state index contributed by atoms with van der Waals surface area (Å²) in [4.78, 5) is 16.2. The van der Waals surface area contributed by atoms with Crippen LogP contribution in [0.25, 0.3) is 0 Å². The number of rotatable bonds is 4. The second kappa shape index (κ2) is 5.85. The maximum absolute atomic E-state index is 12.0. The zero-order valence-corrected chi connectivity index (χ0v) is 13.3. The van der Waals surface area contributed by atoms with Crippen LogP contribution < -0.4 is 0 Å². The number of likely N-dealkylation sites (tertiary alicyclic amines) is 1. The third-order valence-electron chi connectivity index (χ3n) is 4.56. The number of amides is 1. The molecule has 1 amide bonds. The van der Waals surface area contributed by atoms with Crippen molar-refractivity contribution in [2.45, 2.75) is 18.9 Å². The summed E-state index contributed by atoms with van der Waals surface area (Å²) in [5, 5.41) is 0. The van der Waals surface area contributed by atoms with Crippen LogP contribution in [-0.2, 0) is 19.4 Å². The Balaban J connectivity index is 1.57. The quantitative estimate of drug-likeness (QED) is 0.706. The minimum atomic E-state index is -3.26. The van der Waals surface area contributed by atoms with E-state index in [4.69, 9.17) is 4.74 Å². The van der Waals surface area contributed by atoms with E-state index in [1.165, 1.54) is 12.8 Å². The van der Waals surface area contributed by atoms with Gasteiger partial charge in [0.15, 0.2) is 9.84 Å². The van der Waals surface area contributed by atoms with Gasteiger partial charge < -0.3 is 14.5 Å². The van der Waals surface area contributed by atoms with Crippen LogP contribution in [0.5, 0.6) is 0 Å². The molecule has 21 heavy (non-hydrogen) atoms. The predicted octanol–water partition coefficient (Wildman–Crippen LogP) is -0.400. The summed E-state index contributed by atoms with van der Waals surface area (Å²) in [5.74, 6) is 0.488. The van der Waals surface area contributed by atoms with Gasteiger partial charge in [-0.3, -0.25) is 4.79 Å². The maximum Gasteiger partial charge on any atom is 0.237 e. The highest BCUT2D eigenvalue weighted by molar-refractivity contribution is 7.91. The minimum Gasteiger partial charge on any atom is -0.375 e. The van der Waals surface area contributed by atoms with E-state index < -0.39 is 15.6 Å². The molecule has 3 aliphatic rings. The number of hydrogen-bond acceptors (Lipinski definition) is 5. The molecule has 2 saturated heterocycles. The molecular weight excluding hydrogens is 292 g/mol. The summed E-state index contributed by atoms with van der Waals surface area (Å²) in [6.07, 6.45) is 3.85. The standard InChI is InChI=1S/C14H24N2O4S/c1-21(18,19)10-14(17)16-8-12-7-15(6-11-2-3-11)4-5-20-13(12)9-16/h11-13H,2-10H2,1H3/t12-,13+/m0/s1. The van der Waals surface area contributed by atoms with Crippen LogP contribution in [0.3, 0.4) is 0 Å². The van der Waals surface area contributed by atoms with Gasteiger partial charge in [-0.15, -0.1) is 0 Å². The molecular formula is C14H24N2O4S. The van der Waals surface area contributed by atoms with Crippen molar-refractivity contribution in [3.8, 4) is 0 Å². The highest BCUT2D eigenvalue weighted by atomic mass is 32.2. The Morgan fingerprint density at radius 1 is 1.24 bits per heavy atom. The third kappa shape index (κ3) is 4.17. The van der Waals surface area contributed by atoms with Gasteiger partial charge in [-0.2, -0.15) is 0 Å². The van der Waals surface area contributed by atoms with Crippen LogP contribution in [0.4, 0.5) is 0 Å². The lowest BCUT2D eigenvalue weighted by Gasteiger charge is -2.23. The van der Waals surface area contributed by atoms with Gasteiger partial charge in [-0.25, -0.2) is 8.42 Å². The molecule has 3 rings (SSSR count). The van der Waals surface area contributed by atoms with Crippen LogP contribution in [0, 0.1) is 11.8 Å². The van der Waals surface area contributed by atoms with Crippen molar-refractivity contribution in [3.05, 3.63) is 0 Å². The van der Waals surface area contributed by atoms with Crippen molar-refractivity contribution in [2.24, 2.45) is 11.8 Å². The van der Waals surface area contributed by atoms with Crippen molar-refractivity contribution in [1.29, 1.82) is 0 Å². The van der Waals surface area contributed by atoms with Gasteiger partial charge in [0.25, 0.3) is 0 Å². The Labute approximate surface area is 126 Å². The van der Waals surface area contributed by atoms with Gasteiger partial charge in [-0.05, 0) is 18.8 Å². The SMILES string of the molecule is CS(=O)(=O)CC(=O)N1C[C@@H]2CN(CC3CC3)CCO[C@@H]2C1. The predicted molar refractivity (Wildman–Crippen MR) is 78.7 cm³/mol. The van der Waals surface area contributed by atoms with E-state index in [0.29, 0.717) is 25.6 Å². The molecule has 2 aliphatic heterocycles. The third-order valence-corrected chi connectivity index (χ3v) is 5.34. The van der Waals surface area contributed by atoms with Gasteiger partial charge in [0.05, 0.1) is 12.7 Å². The van der Waals surface area contributed by atoms with E-state index >= 15 is 0 Å². The van der Waals surface area contributed by atoms with Gasteiger partial charge in [0, 0.05) is 44.9 Å². The van der Waals surface area contributed by atoms with E-state index in [1.807, 2.05) is 0 Å². The number of nitrogens with zero attached hydrogens (tertiary/aromatic N) is 2. The summed E-state index contributed by atoms with van der Waals surface area (Å²) >= 11 is 0. The first kappa shape index (κ1) is 15.2.